The normalized spacial score (nSPS) is 35.9. The van der Waals surface area contributed by atoms with Gasteiger partial charge in [0.05, 0.1) is 26.4 Å². The van der Waals surface area contributed by atoms with Crippen molar-refractivity contribution < 1.29 is 19.0 Å². The Morgan fingerprint density at radius 3 is 2.52 bits per heavy atom. The van der Waals surface area contributed by atoms with Gasteiger partial charge in [-0.3, -0.25) is 0 Å². The van der Waals surface area contributed by atoms with Gasteiger partial charge in [-0.25, -0.2) is 4.79 Å². The summed E-state index contributed by atoms with van der Waals surface area (Å²) >= 11 is 0. The number of hydrogen-bond donors (Lipinski definition) is 2. The summed E-state index contributed by atoms with van der Waals surface area (Å²) in [6.07, 6.45) is 16.3. The molecule has 3 saturated carbocycles. The van der Waals surface area contributed by atoms with Crippen molar-refractivity contribution in [3.8, 4) is 0 Å². The van der Waals surface area contributed by atoms with Crippen LogP contribution >= 0.6 is 0 Å². The Kier molecular flexibility index (Phi) is 11.4. The standard InChI is InChI=1S/C34H60N2O4/c1-24(2)7-6-8-25(3)29-11-12-30-28-10-9-26-23-27(13-15-33(26,4)31(28)14-16-34(29,30)5)40-32(37)36-18-20-39-22-21-38-19-17-35/h9,24-25,27-31H,6-8,10-23,35H2,1-5H3,(H,36,37)/t25-,27+,28+,29+,30-,31-,33+,34-/m1/s1. The summed E-state index contributed by atoms with van der Waals surface area (Å²) in [6, 6.07) is 0. The monoisotopic (exact) mass is 560 g/mol. The van der Waals surface area contributed by atoms with Crippen LogP contribution in [0.25, 0.3) is 0 Å². The molecule has 230 valence electrons. The first kappa shape index (κ1) is 31.8. The summed E-state index contributed by atoms with van der Waals surface area (Å²) in [5, 5.41) is 2.85. The molecule has 4 rings (SSSR count). The number of rotatable bonds is 14. The molecule has 0 saturated heterocycles. The molecule has 1 amide bonds. The average molecular weight is 561 g/mol. The molecule has 0 unspecified atom stereocenters. The predicted octanol–water partition coefficient (Wildman–Crippen LogP) is 7.11. The lowest BCUT2D eigenvalue weighted by Crippen LogP contribution is -2.51. The molecule has 0 aromatic carbocycles. The van der Waals surface area contributed by atoms with E-state index in [-0.39, 0.29) is 17.6 Å². The van der Waals surface area contributed by atoms with Gasteiger partial charge in [-0.15, -0.1) is 0 Å². The highest BCUT2D eigenvalue weighted by Gasteiger charge is 2.59. The van der Waals surface area contributed by atoms with Gasteiger partial charge in [0.15, 0.2) is 0 Å². The maximum atomic E-state index is 12.5. The van der Waals surface area contributed by atoms with E-state index in [4.69, 9.17) is 19.9 Å². The summed E-state index contributed by atoms with van der Waals surface area (Å²) in [5.74, 6) is 5.10. The number of alkyl carbamates (subject to hydrolysis) is 1. The van der Waals surface area contributed by atoms with E-state index in [0.29, 0.717) is 44.9 Å². The molecule has 6 heteroatoms. The van der Waals surface area contributed by atoms with Gasteiger partial charge < -0.3 is 25.3 Å². The topological polar surface area (TPSA) is 82.8 Å². The molecule has 4 aliphatic carbocycles. The Bertz CT molecular complexity index is 846. The Hall–Kier alpha value is -1.11. The summed E-state index contributed by atoms with van der Waals surface area (Å²) in [4.78, 5) is 12.5. The SMILES string of the molecule is CC(C)CCC[C@@H](C)[C@@H]1CC[C@@H]2[C@@H]3CC=C4C[C@@H](OC(=O)NCCOCCOCCN)CC[C@]4(C)[C@@H]3CC[C@@]21C. The van der Waals surface area contributed by atoms with Crippen LogP contribution in [0.1, 0.15) is 105 Å². The molecule has 0 radical (unpaired) electrons. The number of hydrogen-bond acceptors (Lipinski definition) is 5. The van der Waals surface area contributed by atoms with Crippen LogP contribution in [0.4, 0.5) is 4.79 Å². The van der Waals surface area contributed by atoms with Crippen molar-refractivity contribution in [2.24, 2.45) is 52.1 Å². The molecule has 0 heterocycles. The van der Waals surface area contributed by atoms with Gasteiger partial charge in [-0.2, -0.15) is 0 Å². The highest BCUT2D eigenvalue weighted by atomic mass is 16.6. The van der Waals surface area contributed by atoms with Gasteiger partial charge in [-0.05, 0) is 91.3 Å². The first-order chi connectivity index (χ1) is 19.2. The highest BCUT2D eigenvalue weighted by molar-refractivity contribution is 5.67. The molecule has 3 fully saturated rings. The summed E-state index contributed by atoms with van der Waals surface area (Å²) in [5.41, 5.74) is 7.77. The van der Waals surface area contributed by atoms with Crippen LogP contribution < -0.4 is 11.1 Å². The maximum Gasteiger partial charge on any atom is 0.407 e. The van der Waals surface area contributed by atoms with E-state index in [9.17, 15) is 4.79 Å². The minimum atomic E-state index is -0.321. The third kappa shape index (κ3) is 7.26. The molecular weight excluding hydrogens is 500 g/mol. The lowest BCUT2D eigenvalue weighted by atomic mass is 9.47. The smallest absolute Gasteiger partial charge is 0.407 e. The number of nitrogens with two attached hydrogens (primary N) is 1. The van der Waals surface area contributed by atoms with Gasteiger partial charge in [0.2, 0.25) is 0 Å². The minimum absolute atomic E-state index is 0.0159. The first-order valence-corrected chi connectivity index (χ1v) is 16.7. The molecule has 0 aliphatic heterocycles. The fourth-order valence-electron chi connectivity index (χ4n) is 9.58. The number of nitrogens with one attached hydrogen (secondary N) is 1. The van der Waals surface area contributed by atoms with Crippen LogP contribution in [0.3, 0.4) is 0 Å². The van der Waals surface area contributed by atoms with Crippen molar-refractivity contribution in [3.63, 3.8) is 0 Å². The first-order valence-electron chi connectivity index (χ1n) is 16.7. The molecular formula is C34H60N2O4. The van der Waals surface area contributed by atoms with Crippen LogP contribution in [-0.2, 0) is 14.2 Å². The zero-order chi connectivity index (χ0) is 28.8. The Morgan fingerprint density at radius 1 is 1.00 bits per heavy atom. The van der Waals surface area contributed by atoms with Gasteiger partial charge in [0, 0.05) is 19.5 Å². The third-order valence-electron chi connectivity index (χ3n) is 11.7. The lowest BCUT2D eigenvalue weighted by molar-refractivity contribution is -0.0581. The maximum absolute atomic E-state index is 12.5. The van der Waals surface area contributed by atoms with Crippen LogP contribution in [0, 0.1) is 46.3 Å². The van der Waals surface area contributed by atoms with E-state index >= 15 is 0 Å². The fraction of sp³-hybridized carbons (Fsp3) is 0.912. The van der Waals surface area contributed by atoms with Gasteiger partial charge in [0.1, 0.15) is 6.10 Å². The fourth-order valence-corrected chi connectivity index (χ4v) is 9.58. The Labute approximate surface area is 244 Å². The Balaban J connectivity index is 1.26. The number of allylic oxidation sites excluding steroid dienone is 1. The molecule has 0 aromatic rings. The van der Waals surface area contributed by atoms with Crippen molar-refractivity contribution >= 4 is 6.09 Å². The van der Waals surface area contributed by atoms with Crippen molar-refractivity contribution in [2.75, 3.05) is 39.5 Å². The predicted molar refractivity (Wildman–Crippen MR) is 162 cm³/mol. The van der Waals surface area contributed by atoms with Crippen molar-refractivity contribution in [1.29, 1.82) is 0 Å². The molecule has 40 heavy (non-hydrogen) atoms. The molecule has 0 aromatic heterocycles. The van der Waals surface area contributed by atoms with E-state index in [2.05, 4.69) is 46.0 Å². The molecule has 3 N–H and O–H groups in total. The third-order valence-corrected chi connectivity index (χ3v) is 11.7. The number of amides is 1. The van der Waals surface area contributed by atoms with Crippen LogP contribution in [0.15, 0.2) is 11.6 Å². The van der Waals surface area contributed by atoms with E-state index in [0.717, 1.165) is 54.8 Å². The highest BCUT2D eigenvalue weighted by Crippen LogP contribution is 2.67. The second-order valence-corrected chi connectivity index (χ2v) is 14.5. The van der Waals surface area contributed by atoms with E-state index in [1.54, 1.807) is 5.57 Å². The molecule has 6 nitrogen and oxygen atoms in total. The molecule has 8 atom stereocenters. The zero-order valence-corrected chi connectivity index (χ0v) is 26.3. The quantitative estimate of drug-likeness (QED) is 0.175. The molecule has 0 spiro atoms. The van der Waals surface area contributed by atoms with Gasteiger partial charge >= 0.3 is 6.09 Å². The summed E-state index contributed by atoms with van der Waals surface area (Å²) in [7, 11) is 0. The zero-order valence-electron chi connectivity index (χ0n) is 26.3. The number of fused-ring (bicyclic) bond motifs is 5. The summed E-state index contributed by atoms with van der Waals surface area (Å²) < 4.78 is 16.6. The minimum Gasteiger partial charge on any atom is -0.446 e. The van der Waals surface area contributed by atoms with Gasteiger partial charge in [0.25, 0.3) is 0 Å². The second-order valence-electron chi connectivity index (χ2n) is 14.5. The molecule has 0 bridgehead atoms. The summed E-state index contributed by atoms with van der Waals surface area (Å²) in [6.45, 7) is 15.5. The van der Waals surface area contributed by atoms with E-state index in [1.807, 2.05) is 0 Å². The molecule has 4 aliphatic rings. The largest absolute Gasteiger partial charge is 0.446 e. The van der Waals surface area contributed by atoms with E-state index < -0.39 is 0 Å². The van der Waals surface area contributed by atoms with Crippen LogP contribution in [-0.4, -0.2) is 51.7 Å². The van der Waals surface area contributed by atoms with Crippen molar-refractivity contribution in [1.82, 2.24) is 5.32 Å². The second kappa shape index (κ2) is 14.4. The number of carbonyl (C=O) groups excluding carboxylic acids is 1. The average Bonchev–Trinajstić information content (AvgIpc) is 3.27. The van der Waals surface area contributed by atoms with E-state index in [1.165, 1.54) is 51.4 Å². The Morgan fingerprint density at radius 2 is 1.77 bits per heavy atom. The number of ether oxygens (including phenoxy) is 3. The van der Waals surface area contributed by atoms with Crippen molar-refractivity contribution in [3.05, 3.63) is 11.6 Å². The number of carbonyl (C=O) groups is 1. The van der Waals surface area contributed by atoms with Crippen LogP contribution in [0.2, 0.25) is 0 Å². The lowest BCUT2D eigenvalue weighted by Gasteiger charge is -2.58. The van der Waals surface area contributed by atoms with Gasteiger partial charge in [-0.1, -0.05) is 65.5 Å². The van der Waals surface area contributed by atoms with Crippen LogP contribution in [0.5, 0.6) is 0 Å². The van der Waals surface area contributed by atoms with Crippen molar-refractivity contribution in [2.45, 2.75) is 111 Å².